The lowest BCUT2D eigenvalue weighted by molar-refractivity contribution is 0.102. The largest absolute Gasteiger partial charge is 0.322 e. The highest BCUT2D eigenvalue weighted by Crippen LogP contribution is 2.14. The first kappa shape index (κ1) is 15.1. The Hall–Kier alpha value is -2.31. The van der Waals surface area contributed by atoms with Gasteiger partial charge in [-0.05, 0) is 48.7 Å². The van der Waals surface area contributed by atoms with E-state index in [1.807, 2.05) is 30.3 Å². The maximum absolute atomic E-state index is 12.2. The second kappa shape index (κ2) is 7.47. The van der Waals surface area contributed by atoms with Crippen LogP contribution < -0.4 is 5.32 Å². The standard InChI is InChI=1S/C17H15ClN2O/c18-9-3-6-13-4-2-8-16(11-13)20-17(21)15-7-1-5-14(10-15)12-19/h1-2,4-5,7-8,10-11H,3,6,9H2,(H,20,21). The van der Waals surface area contributed by atoms with Crippen LogP contribution in [0.3, 0.4) is 0 Å². The third-order valence-electron chi connectivity index (χ3n) is 3.04. The van der Waals surface area contributed by atoms with E-state index in [1.54, 1.807) is 24.3 Å². The highest BCUT2D eigenvalue weighted by Gasteiger charge is 2.07. The molecule has 0 atom stereocenters. The van der Waals surface area contributed by atoms with E-state index in [2.05, 4.69) is 5.32 Å². The summed E-state index contributed by atoms with van der Waals surface area (Å²) in [5.41, 5.74) is 2.83. The van der Waals surface area contributed by atoms with Gasteiger partial charge in [0.1, 0.15) is 0 Å². The molecule has 21 heavy (non-hydrogen) atoms. The number of carbonyl (C=O) groups excluding carboxylic acids is 1. The monoisotopic (exact) mass is 298 g/mol. The first-order valence-electron chi connectivity index (χ1n) is 6.69. The Balaban J connectivity index is 2.10. The summed E-state index contributed by atoms with van der Waals surface area (Å²) in [4.78, 5) is 12.2. The van der Waals surface area contributed by atoms with Crippen LogP contribution in [-0.2, 0) is 6.42 Å². The SMILES string of the molecule is N#Cc1cccc(C(=O)Nc2cccc(CCCCl)c2)c1. The van der Waals surface area contributed by atoms with Crippen LogP contribution >= 0.6 is 11.6 Å². The average molecular weight is 299 g/mol. The number of rotatable bonds is 5. The molecule has 0 saturated carbocycles. The zero-order valence-corrected chi connectivity index (χ0v) is 12.2. The number of nitrogens with one attached hydrogen (secondary N) is 1. The Morgan fingerprint density at radius 3 is 2.76 bits per heavy atom. The molecule has 0 aromatic heterocycles. The molecular formula is C17H15ClN2O. The molecule has 0 aliphatic carbocycles. The number of halogens is 1. The molecule has 2 rings (SSSR count). The fraction of sp³-hybridized carbons (Fsp3) is 0.176. The topological polar surface area (TPSA) is 52.9 Å². The summed E-state index contributed by atoms with van der Waals surface area (Å²) in [6.45, 7) is 0. The Labute approximate surface area is 129 Å². The van der Waals surface area contributed by atoms with E-state index in [1.165, 1.54) is 0 Å². The van der Waals surface area contributed by atoms with Gasteiger partial charge in [-0.25, -0.2) is 0 Å². The van der Waals surface area contributed by atoms with Crippen molar-refractivity contribution in [3.05, 3.63) is 65.2 Å². The quantitative estimate of drug-likeness (QED) is 0.849. The Morgan fingerprint density at radius 2 is 2.00 bits per heavy atom. The van der Waals surface area contributed by atoms with Crippen LogP contribution in [-0.4, -0.2) is 11.8 Å². The van der Waals surface area contributed by atoms with Crippen LogP contribution in [0.25, 0.3) is 0 Å². The van der Waals surface area contributed by atoms with Gasteiger partial charge in [0.05, 0.1) is 11.6 Å². The van der Waals surface area contributed by atoms with E-state index < -0.39 is 0 Å². The van der Waals surface area contributed by atoms with E-state index in [0.717, 1.165) is 24.1 Å². The van der Waals surface area contributed by atoms with Gasteiger partial charge in [-0.3, -0.25) is 4.79 Å². The minimum Gasteiger partial charge on any atom is -0.322 e. The molecule has 4 heteroatoms. The van der Waals surface area contributed by atoms with Gasteiger partial charge in [0.2, 0.25) is 0 Å². The number of aryl methyl sites for hydroxylation is 1. The number of hydrogen-bond donors (Lipinski definition) is 1. The molecule has 0 spiro atoms. The minimum absolute atomic E-state index is 0.221. The van der Waals surface area contributed by atoms with Gasteiger partial charge in [0.15, 0.2) is 0 Å². The zero-order valence-electron chi connectivity index (χ0n) is 11.5. The predicted molar refractivity (Wildman–Crippen MR) is 84.6 cm³/mol. The summed E-state index contributed by atoms with van der Waals surface area (Å²) >= 11 is 5.69. The predicted octanol–water partition coefficient (Wildman–Crippen LogP) is 3.98. The number of alkyl halides is 1. The molecule has 0 bridgehead atoms. The van der Waals surface area contributed by atoms with Crippen LogP contribution in [0, 0.1) is 11.3 Å². The molecule has 1 amide bonds. The molecule has 3 nitrogen and oxygen atoms in total. The van der Waals surface area contributed by atoms with Crippen molar-refractivity contribution in [2.24, 2.45) is 0 Å². The lowest BCUT2D eigenvalue weighted by Gasteiger charge is -2.07. The van der Waals surface area contributed by atoms with Crippen molar-refractivity contribution < 1.29 is 4.79 Å². The van der Waals surface area contributed by atoms with Gasteiger partial charge >= 0.3 is 0 Å². The van der Waals surface area contributed by atoms with Crippen molar-refractivity contribution in [3.8, 4) is 6.07 Å². The van der Waals surface area contributed by atoms with Gasteiger partial charge in [0.25, 0.3) is 5.91 Å². The van der Waals surface area contributed by atoms with E-state index in [9.17, 15) is 4.79 Å². The van der Waals surface area contributed by atoms with E-state index in [-0.39, 0.29) is 5.91 Å². The van der Waals surface area contributed by atoms with E-state index >= 15 is 0 Å². The zero-order chi connectivity index (χ0) is 15.1. The molecule has 0 fully saturated rings. The van der Waals surface area contributed by atoms with Crippen molar-refractivity contribution in [2.75, 3.05) is 11.2 Å². The van der Waals surface area contributed by atoms with Crippen molar-refractivity contribution in [2.45, 2.75) is 12.8 Å². The molecule has 0 aliphatic heterocycles. The molecule has 2 aromatic carbocycles. The summed E-state index contributed by atoms with van der Waals surface area (Å²) in [5.74, 6) is 0.402. The Bertz CT molecular complexity index is 676. The van der Waals surface area contributed by atoms with E-state index in [0.29, 0.717) is 17.0 Å². The number of carbonyl (C=O) groups is 1. The average Bonchev–Trinajstić information content (AvgIpc) is 2.53. The lowest BCUT2D eigenvalue weighted by Crippen LogP contribution is -2.12. The van der Waals surface area contributed by atoms with Crippen LogP contribution in [0.2, 0.25) is 0 Å². The van der Waals surface area contributed by atoms with Gasteiger partial charge < -0.3 is 5.32 Å². The molecule has 0 aliphatic rings. The molecule has 0 heterocycles. The van der Waals surface area contributed by atoms with Gasteiger partial charge in [-0.2, -0.15) is 5.26 Å². The van der Waals surface area contributed by atoms with Crippen molar-refractivity contribution in [1.82, 2.24) is 0 Å². The van der Waals surface area contributed by atoms with Crippen LogP contribution in [0.5, 0.6) is 0 Å². The molecule has 106 valence electrons. The highest BCUT2D eigenvalue weighted by atomic mass is 35.5. The molecule has 0 radical (unpaired) electrons. The summed E-state index contributed by atoms with van der Waals surface area (Å²) in [6, 6.07) is 16.4. The lowest BCUT2D eigenvalue weighted by atomic mass is 10.1. The van der Waals surface area contributed by atoms with Gasteiger partial charge in [-0.1, -0.05) is 18.2 Å². The number of hydrogen-bond acceptors (Lipinski definition) is 2. The number of anilines is 1. The number of nitrogens with zero attached hydrogens (tertiary/aromatic N) is 1. The fourth-order valence-corrected chi connectivity index (χ4v) is 2.14. The second-order valence-electron chi connectivity index (χ2n) is 4.64. The Morgan fingerprint density at radius 1 is 1.19 bits per heavy atom. The summed E-state index contributed by atoms with van der Waals surface area (Å²) in [5, 5.41) is 11.7. The molecular weight excluding hydrogens is 284 g/mol. The fourth-order valence-electron chi connectivity index (χ4n) is 2.01. The minimum atomic E-state index is -0.221. The summed E-state index contributed by atoms with van der Waals surface area (Å²) in [6.07, 6.45) is 1.79. The molecule has 2 aromatic rings. The maximum atomic E-state index is 12.2. The van der Waals surface area contributed by atoms with Crippen LogP contribution in [0.4, 0.5) is 5.69 Å². The van der Waals surface area contributed by atoms with Crippen molar-refractivity contribution in [1.29, 1.82) is 5.26 Å². The third kappa shape index (κ3) is 4.34. The smallest absolute Gasteiger partial charge is 0.255 e. The number of benzene rings is 2. The molecule has 0 saturated heterocycles. The first-order chi connectivity index (χ1) is 10.2. The summed E-state index contributed by atoms with van der Waals surface area (Å²) in [7, 11) is 0. The number of amides is 1. The normalized spacial score (nSPS) is 9.90. The number of nitriles is 1. The van der Waals surface area contributed by atoms with Gasteiger partial charge in [0, 0.05) is 17.1 Å². The highest BCUT2D eigenvalue weighted by molar-refractivity contribution is 6.17. The first-order valence-corrected chi connectivity index (χ1v) is 7.23. The van der Waals surface area contributed by atoms with Crippen molar-refractivity contribution >= 4 is 23.2 Å². The van der Waals surface area contributed by atoms with E-state index in [4.69, 9.17) is 16.9 Å². The molecule has 1 N–H and O–H groups in total. The maximum Gasteiger partial charge on any atom is 0.255 e. The second-order valence-corrected chi connectivity index (χ2v) is 5.02. The van der Waals surface area contributed by atoms with Crippen LogP contribution in [0.15, 0.2) is 48.5 Å². The van der Waals surface area contributed by atoms with Gasteiger partial charge in [-0.15, -0.1) is 11.6 Å². The Kier molecular flexibility index (Phi) is 5.36. The molecule has 0 unspecified atom stereocenters. The third-order valence-corrected chi connectivity index (χ3v) is 3.31. The van der Waals surface area contributed by atoms with Crippen molar-refractivity contribution in [3.63, 3.8) is 0 Å². The van der Waals surface area contributed by atoms with Crippen LogP contribution in [0.1, 0.15) is 27.9 Å². The summed E-state index contributed by atoms with van der Waals surface area (Å²) < 4.78 is 0.